The Morgan fingerprint density at radius 3 is 2.58 bits per heavy atom. The van der Waals surface area contributed by atoms with Crippen LogP contribution < -0.4 is 0 Å². The van der Waals surface area contributed by atoms with Crippen LogP contribution in [0.1, 0.15) is 16.8 Å². The summed E-state index contributed by atoms with van der Waals surface area (Å²) >= 11 is 1.39. The van der Waals surface area contributed by atoms with Gasteiger partial charge < -0.3 is 5.11 Å². The summed E-state index contributed by atoms with van der Waals surface area (Å²) in [5.41, 5.74) is 3.90. The highest BCUT2D eigenvalue weighted by molar-refractivity contribution is 7.21. The summed E-state index contributed by atoms with van der Waals surface area (Å²) < 4.78 is 15.0. The molecule has 0 bridgehead atoms. The van der Waals surface area contributed by atoms with Crippen LogP contribution in [0.4, 0.5) is 4.39 Å². The van der Waals surface area contributed by atoms with E-state index < -0.39 is 5.97 Å². The Balaban J connectivity index is 1.25. The number of hydrogen-bond donors (Lipinski definition) is 1. The standard InChI is InChI=1S/C26H20FN3O2S/c27-20-12-16(13-30-14-17(15-30)25(31)32)6-7-19(20)23-28-21-8-9-22(29-24(21)33-23)26(10-11-26)18-4-2-1-3-5-18/h1-12,17H,13-15H2,(H,31,32). The predicted molar refractivity (Wildman–Crippen MR) is 126 cm³/mol. The van der Waals surface area contributed by atoms with E-state index in [2.05, 4.69) is 29.3 Å². The number of halogens is 1. The van der Waals surface area contributed by atoms with Crippen molar-refractivity contribution < 1.29 is 14.3 Å². The summed E-state index contributed by atoms with van der Waals surface area (Å²) in [4.78, 5) is 23.3. The lowest BCUT2D eigenvalue weighted by Crippen LogP contribution is -2.49. The molecule has 1 N–H and O–H groups in total. The van der Waals surface area contributed by atoms with E-state index in [1.807, 2.05) is 41.3 Å². The third-order valence-corrected chi connectivity index (χ3v) is 7.41. The van der Waals surface area contributed by atoms with E-state index in [0.717, 1.165) is 21.6 Å². The summed E-state index contributed by atoms with van der Waals surface area (Å²) in [5.74, 6) is -1.42. The van der Waals surface area contributed by atoms with Gasteiger partial charge in [0.05, 0.1) is 17.0 Å². The third kappa shape index (κ3) is 3.53. The molecule has 0 atom stereocenters. The van der Waals surface area contributed by atoms with Gasteiger partial charge in [0.1, 0.15) is 21.2 Å². The van der Waals surface area contributed by atoms with Gasteiger partial charge in [-0.15, -0.1) is 0 Å². The van der Waals surface area contributed by atoms with E-state index >= 15 is 0 Å². The van der Waals surface area contributed by atoms with Crippen LogP contribution in [0.25, 0.3) is 20.9 Å². The van der Waals surface area contributed by atoms with Crippen molar-refractivity contribution in [2.45, 2.75) is 12.0 Å². The Bertz CT molecular complexity index is 1400. The molecule has 1 fully saturated rings. The van der Waals surface area contributed by atoms with Gasteiger partial charge in [-0.1, -0.05) is 59.9 Å². The second-order valence-corrected chi connectivity index (χ2v) is 9.63. The molecule has 164 valence electrons. The number of thiazole rings is 1. The normalized spacial score (nSPS) is 17.2. The number of benzene rings is 2. The topological polar surface area (TPSA) is 66.3 Å². The molecule has 1 aliphatic carbocycles. The fourth-order valence-electron chi connectivity index (χ4n) is 4.41. The van der Waals surface area contributed by atoms with E-state index in [4.69, 9.17) is 10.1 Å². The highest BCUT2D eigenvalue weighted by Crippen LogP contribution is 2.45. The molecule has 1 aliphatic heterocycles. The number of aliphatic carboxylic acids is 1. The van der Waals surface area contributed by atoms with Crippen LogP contribution in [-0.2, 0) is 16.8 Å². The molecule has 6 rings (SSSR count). The summed E-state index contributed by atoms with van der Waals surface area (Å²) in [6, 6.07) is 19.4. The van der Waals surface area contributed by atoms with Crippen LogP contribution in [0.15, 0.2) is 72.8 Å². The number of pyridine rings is 1. The first-order valence-electron chi connectivity index (χ1n) is 10.8. The predicted octanol–water partition coefficient (Wildman–Crippen LogP) is 4.87. The molecule has 0 unspecified atom stereocenters. The summed E-state index contributed by atoms with van der Waals surface area (Å²) in [6.45, 7) is 1.55. The lowest BCUT2D eigenvalue weighted by atomic mass is 9.89. The van der Waals surface area contributed by atoms with E-state index in [0.29, 0.717) is 30.2 Å². The van der Waals surface area contributed by atoms with Crippen LogP contribution in [0.2, 0.25) is 0 Å². The minimum Gasteiger partial charge on any atom is -0.481 e. The second-order valence-electron chi connectivity index (χ2n) is 8.65. The average Bonchev–Trinajstić information content (AvgIpc) is 3.49. The van der Waals surface area contributed by atoms with E-state index in [1.165, 1.54) is 23.0 Å². The quantitative estimate of drug-likeness (QED) is 0.419. The zero-order valence-corrected chi connectivity index (χ0v) is 18.4. The Hall–Kier alpha value is -3.42. The Kier molecular flexibility index (Phi) is 4.64. The summed E-state index contributed by atoms with van der Waals surface area (Å²) in [6.07, 6.45) is 4.29. The smallest absolute Gasteiger partial charge is 0.309 e. The number of aromatic nitrogens is 2. The minimum absolute atomic E-state index is 0.261. The number of carboxylic acid groups (broad SMARTS) is 1. The van der Waals surface area contributed by atoms with Gasteiger partial charge in [0.25, 0.3) is 0 Å². The zero-order valence-electron chi connectivity index (χ0n) is 17.6. The molecule has 0 radical (unpaired) electrons. The van der Waals surface area contributed by atoms with Crippen LogP contribution in [-0.4, -0.2) is 39.0 Å². The Morgan fingerprint density at radius 1 is 1.09 bits per heavy atom. The highest BCUT2D eigenvalue weighted by Gasteiger charge is 2.39. The van der Waals surface area contributed by atoms with E-state index in [1.54, 1.807) is 6.07 Å². The molecular weight excluding hydrogens is 437 g/mol. The highest BCUT2D eigenvalue weighted by atomic mass is 32.1. The van der Waals surface area contributed by atoms with Crippen LogP contribution in [0.3, 0.4) is 0 Å². The maximum atomic E-state index is 15.0. The van der Waals surface area contributed by atoms with Crippen LogP contribution in [0.5, 0.6) is 0 Å². The molecule has 0 spiro atoms. The molecule has 0 saturated carbocycles. The third-order valence-electron chi connectivity index (χ3n) is 6.41. The maximum absolute atomic E-state index is 15.0. The first-order valence-corrected chi connectivity index (χ1v) is 11.6. The number of rotatable bonds is 6. The van der Waals surface area contributed by atoms with Gasteiger partial charge in [-0.3, -0.25) is 9.69 Å². The fourth-order valence-corrected chi connectivity index (χ4v) is 5.38. The molecule has 3 heterocycles. The summed E-state index contributed by atoms with van der Waals surface area (Å²) in [7, 11) is 0. The van der Waals surface area contributed by atoms with Gasteiger partial charge in [-0.25, -0.2) is 14.4 Å². The molecule has 2 aliphatic rings. The number of fused-ring (bicyclic) bond motifs is 1. The molecule has 7 heteroatoms. The lowest BCUT2D eigenvalue weighted by molar-refractivity contribution is -0.147. The monoisotopic (exact) mass is 457 g/mol. The van der Waals surface area contributed by atoms with E-state index in [9.17, 15) is 9.18 Å². The Morgan fingerprint density at radius 2 is 1.88 bits per heavy atom. The molecule has 4 aromatic rings. The SMILES string of the molecule is O=C(O)C1CN(Cc2ccc(-c3nc4ccc(C5(c6ccccc6)C=C5)nc4s3)c(F)c2)C1. The van der Waals surface area contributed by atoms with Gasteiger partial charge in [0, 0.05) is 25.2 Å². The molecule has 1 saturated heterocycles. The van der Waals surface area contributed by atoms with Crippen molar-refractivity contribution in [2.75, 3.05) is 13.1 Å². The number of hydrogen-bond acceptors (Lipinski definition) is 5. The average molecular weight is 458 g/mol. The van der Waals surface area contributed by atoms with Gasteiger partial charge in [-0.05, 0) is 35.4 Å². The first kappa shape index (κ1) is 20.2. The molecule has 2 aromatic carbocycles. The van der Waals surface area contributed by atoms with Gasteiger partial charge in [0.15, 0.2) is 0 Å². The number of carboxylic acids is 1. The van der Waals surface area contributed by atoms with Crippen molar-refractivity contribution >= 4 is 27.7 Å². The maximum Gasteiger partial charge on any atom is 0.309 e. The summed E-state index contributed by atoms with van der Waals surface area (Å²) in [5, 5.41) is 9.61. The first-order chi connectivity index (χ1) is 16.0. The van der Waals surface area contributed by atoms with Gasteiger partial charge in [0.2, 0.25) is 0 Å². The second kappa shape index (κ2) is 7.57. The van der Waals surface area contributed by atoms with Crippen molar-refractivity contribution in [1.29, 1.82) is 0 Å². The number of carbonyl (C=O) groups is 1. The largest absolute Gasteiger partial charge is 0.481 e. The lowest BCUT2D eigenvalue weighted by Gasteiger charge is -2.36. The molecule has 2 aromatic heterocycles. The van der Waals surface area contributed by atoms with Gasteiger partial charge >= 0.3 is 5.97 Å². The number of likely N-dealkylation sites (tertiary alicyclic amines) is 1. The zero-order chi connectivity index (χ0) is 22.6. The van der Waals surface area contributed by atoms with Crippen molar-refractivity contribution in [1.82, 2.24) is 14.9 Å². The van der Waals surface area contributed by atoms with Crippen LogP contribution >= 0.6 is 11.3 Å². The van der Waals surface area contributed by atoms with Crippen molar-refractivity contribution in [3.05, 3.63) is 95.5 Å². The van der Waals surface area contributed by atoms with Gasteiger partial charge in [-0.2, -0.15) is 0 Å². The molecule has 33 heavy (non-hydrogen) atoms. The number of allylic oxidation sites excluding steroid dienone is 2. The fraction of sp³-hybridized carbons (Fsp3) is 0.192. The van der Waals surface area contributed by atoms with Crippen molar-refractivity contribution in [3.63, 3.8) is 0 Å². The minimum atomic E-state index is -0.771. The Labute approximate surface area is 193 Å². The van der Waals surface area contributed by atoms with E-state index in [-0.39, 0.29) is 17.2 Å². The number of nitrogens with zero attached hydrogens (tertiary/aromatic N) is 3. The van der Waals surface area contributed by atoms with Crippen molar-refractivity contribution in [2.24, 2.45) is 5.92 Å². The molecule has 5 nitrogen and oxygen atoms in total. The van der Waals surface area contributed by atoms with Crippen molar-refractivity contribution in [3.8, 4) is 10.6 Å². The molecular formula is C26H20FN3O2S. The van der Waals surface area contributed by atoms with Crippen LogP contribution in [0, 0.1) is 11.7 Å². The molecule has 0 amide bonds.